The van der Waals surface area contributed by atoms with Gasteiger partial charge in [0.25, 0.3) is 11.8 Å². The van der Waals surface area contributed by atoms with Crippen LogP contribution in [0.1, 0.15) is 33.8 Å². The maximum Gasteiger partial charge on any atom is 0.289 e. The van der Waals surface area contributed by atoms with Crippen LogP contribution in [0.5, 0.6) is 11.5 Å². The summed E-state index contributed by atoms with van der Waals surface area (Å²) < 4.78 is 16.3. The summed E-state index contributed by atoms with van der Waals surface area (Å²) >= 11 is 3.21. The molecule has 2 heterocycles. The summed E-state index contributed by atoms with van der Waals surface area (Å²) in [5.41, 5.74) is 0.522. The van der Waals surface area contributed by atoms with Crippen LogP contribution in [-0.4, -0.2) is 50.6 Å². The van der Waals surface area contributed by atoms with Gasteiger partial charge in [0.2, 0.25) is 0 Å². The molecule has 8 heteroatoms. The number of nitrogens with zero attached hydrogens (tertiary/aromatic N) is 1. The molecule has 2 amide bonds. The number of piperidine rings is 1. The van der Waals surface area contributed by atoms with Crippen LogP contribution in [-0.2, 0) is 0 Å². The number of carbonyl (C=O) groups excluding carboxylic acids is 2. The van der Waals surface area contributed by atoms with Crippen molar-refractivity contribution in [1.29, 1.82) is 0 Å². The molecule has 7 nitrogen and oxygen atoms in total. The van der Waals surface area contributed by atoms with Gasteiger partial charge in [0, 0.05) is 25.2 Å². The van der Waals surface area contributed by atoms with Gasteiger partial charge in [-0.1, -0.05) is 0 Å². The van der Waals surface area contributed by atoms with Gasteiger partial charge in [-0.3, -0.25) is 9.59 Å². The molecule has 1 aromatic carbocycles. The molecule has 1 saturated heterocycles. The molecule has 1 aromatic heterocycles. The summed E-state index contributed by atoms with van der Waals surface area (Å²) in [6, 6.07) is 8.47. The number of benzene rings is 1. The Morgan fingerprint density at radius 3 is 2.46 bits per heavy atom. The fraction of sp³-hybridized carbons (Fsp3) is 0.400. The van der Waals surface area contributed by atoms with Crippen LogP contribution in [0.25, 0.3) is 0 Å². The summed E-state index contributed by atoms with van der Waals surface area (Å²) in [6.45, 7) is 1.86. The maximum absolute atomic E-state index is 12.4. The number of halogens is 1. The Balaban J connectivity index is 1.49. The third-order valence-electron chi connectivity index (χ3n) is 4.88. The van der Waals surface area contributed by atoms with Crippen LogP contribution in [0.3, 0.4) is 0 Å². The topological polar surface area (TPSA) is 81.0 Å². The van der Waals surface area contributed by atoms with E-state index in [0.29, 0.717) is 53.0 Å². The molecular formula is C20H23BrN2O5. The quantitative estimate of drug-likeness (QED) is 0.729. The van der Waals surface area contributed by atoms with E-state index in [9.17, 15) is 9.59 Å². The monoisotopic (exact) mass is 450 g/mol. The van der Waals surface area contributed by atoms with Gasteiger partial charge >= 0.3 is 0 Å². The van der Waals surface area contributed by atoms with Gasteiger partial charge in [0.15, 0.2) is 21.9 Å². The predicted octanol–water partition coefficient (Wildman–Crippen LogP) is 3.34. The van der Waals surface area contributed by atoms with E-state index in [-0.39, 0.29) is 11.8 Å². The van der Waals surface area contributed by atoms with Gasteiger partial charge in [-0.25, -0.2) is 0 Å². The fourth-order valence-corrected chi connectivity index (χ4v) is 3.55. The number of hydrogen-bond acceptors (Lipinski definition) is 5. The lowest BCUT2D eigenvalue weighted by Gasteiger charge is -2.31. The van der Waals surface area contributed by atoms with Crippen LogP contribution in [0.2, 0.25) is 0 Å². The highest BCUT2D eigenvalue weighted by Gasteiger charge is 2.25. The average molecular weight is 451 g/mol. The van der Waals surface area contributed by atoms with Gasteiger partial charge in [0.1, 0.15) is 0 Å². The van der Waals surface area contributed by atoms with Crippen molar-refractivity contribution < 1.29 is 23.5 Å². The molecule has 1 aliphatic rings. The largest absolute Gasteiger partial charge is 0.493 e. The fourth-order valence-electron chi connectivity index (χ4n) is 3.24. The summed E-state index contributed by atoms with van der Waals surface area (Å²) in [5.74, 6) is 1.52. The molecule has 28 heavy (non-hydrogen) atoms. The van der Waals surface area contributed by atoms with E-state index >= 15 is 0 Å². The van der Waals surface area contributed by atoms with Crippen LogP contribution in [0.4, 0.5) is 0 Å². The van der Waals surface area contributed by atoms with Gasteiger partial charge in [-0.05, 0) is 65.0 Å². The van der Waals surface area contributed by atoms with Crippen molar-refractivity contribution >= 4 is 27.7 Å². The Morgan fingerprint density at radius 1 is 1.14 bits per heavy atom. The molecule has 1 aliphatic heterocycles. The Hall–Kier alpha value is -2.48. The number of furan rings is 1. The first-order valence-electron chi connectivity index (χ1n) is 9.06. The minimum absolute atomic E-state index is 0.0986. The molecule has 1 N–H and O–H groups in total. The number of rotatable bonds is 6. The normalized spacial score (nSPS) is 14.6. The number of nitrogens with one attached hydrogen (secondary N) is 1. The van der Waals surface area contributed by atoms with E-state index in [1.54, 1.807) is 42.3 Å². The minimum atomic E-state index is -0.153. The predicted molar refractivity (Wildman–Crippen MR) is 107 cm³/mol. The molecular weight excluding hydrogens is 428 g/mol. The van der Waals surface area contributed by atoms with Crippen LogP contribution < -0.4 is 14.8 Å². The highest BCUT2D eigenvalue weighted by Crippen LogP contribution is 2.27. The smallest absolute Gasteiger partial charge is 0.289 e. The molecule has 0 bridgehead atoms. The second-order valence-electron chi connectivity index (χ2n) is 6.62. The number of amides is 2. The number of carbonyl (C=O) groups is 2. The third kappa shape index (κ3) is 4.67. The molecule has 0 saturated carbocycles. The van der Waals surface area contributed by atoms with Crippen molar-refractivity contribution in [2.24, 2.45) is 5.92 Å². The Morgan fingerprint density at radius 2 is 1.86 bits per heavy atom. The molecule has 0 aliphatic carbocycles. The number of likely N-dealkylation sites (tertiary alicyclic amines) is 1. The zero-order valence-electron chi connectivity index (χ0n) is 15.9. The summed E-state index contributed by atoms with van der Waals surface area (Å²) in [4.78, 5) is 26.6. The second kappa shape index (κ2) is 9.14. The van der Waals surface area contributed by atoms with Crippen molar-refractivity contribution in [3.8, 4) is 11.5 Å². The zero-order valence-corrected chi connectivity index (χ0v) is 17.5. The maximum atomic E-state index is 12.4. The Bertz CT molecular complexity index is 843. The van der Waals surface area contributed by atoms with E-state index in [4.69, 9.17) is 13.9 Å². The van der Waals surface area contributed by atoms with E-state index in [0.717, 1.165) is 12.8 Å². The zero-order chi connectivity index (χ0) is 20.1. The first kappa shape index (κ1) is 20.3. The van der Waals surface area contributed by atoms with E-state index in [2.05, 4.69) is 21.2 Å². The Labute approximate surface area is 172 Å². The Kier molecular flexibility index (Phi) is 6.61. The molecule has 2 aromatic rings. The van der Waals surface area contributed by atoms with Crippen LogP contribution >= 0.6 is 15.9 Å². The molecule has 0 radical (unpaired) electrons. The first-order chi connectivity index (χ1) is 13.5. The van der Waals surface area contributed by atoms with Crippen molar-refractivity contribution in [2.45, 2.75) is 12.8 Å². The van der Waals surface area contributed by atoms with Gasteiger partial charge < -0.3 is 24.1 Å². The van der Waals surface area contributed by atoms with E-state index < -0.39 is 0 Å². The summed E-state index contributed by atoms with van der Waals surface area (Å²) in [6.07, 6.45) is 1.67. The number of ether oxygens (including phenoxy) is 2. The number of hydrogen-bond donors (Lipinski definition) is 1. The van der Waals surface area contributed by atoms with Crippen LogP contribution in [0.15, 0.2) is 39.4 Å². The van der Waals surface area contributed by atoms with Crippen molar-refractivity contribution in [3.05, 3.63) is 46.3 Å². The molecule has 1 fully saturated rings. The van der Waals surface area contributed by atoms with E-state index in [1.807, 2.05) is 0 Å². The molecule has 0 atom stereocenters. The van der Waals surface area contributed by atoms with Crippen molar-refractivity contribution in [1.82, 2.24) is 10.2 Å². The molecule has 3 rings (SSSR count). The lowest BCUT2D eigenvalue weighted by Crippen LogP contribution is -2.41. The SMILES string of the molecule is COc1ccc(C(=O)NCC2CCN(C(=O)c3ccc(Br)o3)CC2)cc1OC. The second-order valence-corrected chi connectivity index (χ2v) is 7.40. The lowest BCUT2D eigenvalue weighted by atomic mass is 9.96. The van der Waals surface area contributed by atoms with Crippen LogP contribution in [0, 0.1) is 5.92 Å². The minimum Gasteiger partial charge on any atom is -0.493 e. The summed E-state index contributed by atoms with van der Waals surface area (Å²) in [7, 11) is 3.09. The van der Waals surface area contributed by atoms with Gasteiger partial charge in [-0.15, -0.1) is 0 Å². The highest BCUT2D eigenvalue weighted by atomic mass is 79.9. The highest BCUT2D eigenvalue weighted by molar-refractivity contribution is 9.10. The van der Waals surface area contributed by atoms with Crippen molar-refractivity contribution in [3.63, 3.8) is 0 Å². The number of methoxy groups -OCH3 is 2. The molecule has 0 spiro atoms. The van der Waals surface area contributed by atoms with E-state index in [1.165, 1.54) is 7.11 Å². The lowest BCUT2D eigenvalue weighted by molar-refractivity contribution is 0.0652. The first-order valence-corrected chi connectivity index (χ1v) is 9.86. The standard InChI is InChI=1S/C20H23BrN2O5/c1-26-15-4-3-14(11-17(15)27-2)19(24)22-12-13-7-9-23(10-8-13)20(25)16-5-6-18(21)28-16/h3-6,11,13H,7-10,12H2,1-2H3,(H,22,24). The summed E-state index contributed by atoms with van der Waals surface area (Å²) in [5, 5.41) is 2.97. The van der Waals surface area contributed by atoms with Gasteiger partial charge in [0.05, 0.1) is 14.2 Å². The third-order valence-corrected chi connectivity index (χ3v) is 5.31. The van der Waals surface area contributed by atoms with Gasteiger partial charge in [-0.2, -0.15) is 0 Å². The molecule has 150 valence electrons. The van der Waals surface area contributed by atoms with Crippen molar-refractivity contribution in [2.75, 3.05) is 33.9 Å². The molecule has 0 unspecified atom stereocenters. The average Bonchev–Trinajstić information content (AvgIpc) is 3.17.